The van der Waals surface area contributed by atoms with Crippen molar-refractivity contribution in [2.24, 2.45) is 5.92 Å². The standard InChI is InChI=1S/C12H21NO3/c1-12(2,16-10-15)9-13-6-3-11(4-7-13)5-8-14/h8,10-11H,3-7,9H2,1-2H3. The fraction of sp³-hybridized carbons (Fsp3) is 0.833. The Morgan fingerprint density at radius 1 is 1.31 bits per heavy atom. The molecule has 16 heavy (non-hydrogen) atoms. The Hall–Kier alpha value is -0.900. The maximum atomic E-state index is 10.4. The van der Waals surface area contributed by atoms with Crippen LogP contribution in [-0.2, 0) is 14.3 Å². The predicted molar refractivity (Wildman–Crippen MR) is 61.1 cm³/mol. The van der Waals surface area contributed by atoms with Crippen molar-refractivity contribution in [1.82, 2.24) is 4.90 Å². The van der Waals surface area contributed by atoms with E-state index in [2.05, 4.69) is 4.90 Å². The summed E-state index contributed by atoms with van der Waals surface area (Å²) in [6.45, 7) is 7.09. The summed E-state index contributed by atoms with van der Waals surface area (Å²) in [5.74, 6) is 0.545. The summed E-state index contributed by atoms with van der Waals surface area (Å²) in [6.07, 6.45) is 3.83. The number of likely N-dealkylation sites (tertiary alicyclic amines) is 1. The lowest BCUT2D eigenvalue weighted by Crippen LogP contribution is -2.44. The van der Waals surface area contributed by atoms with Gasteiger partial charge in [-0.2, -0.15) is 0 Å². The van der Waals surface area contributed by atoms with Crippen LogP contribution in [0.25, 0.3) is 0 Å². The molecular formula is C12H21NO3. The Kier molecular flexibility index (Phi) is 4.93. The topological polar surface area (TPSA) is 46.6 Å². The highest BCUT2D eigenvalue weighted by molar-refractivity contribution is 5.49. The fourth-order valence-corrected chi connectivity index (χ4v) is 2.22. The molecule has 4 heteroatoms. The van der Waals surface area contributed by atoms with Gasteiger partial charge in [-0.25, -0.2) is 0 Å². The van der Waals surface area contributed by atoms with Gasteiger partial charge in [-0.15, -0.1) is 0 Å². The van der Waals surface area contributed by atoms with E-state index in [-0.39, 0.29) is 0 Å². The summed E-state index contributed by atoms with van der Waals surface area (Å²) >= 11 is 0. The zero-order valence-corrected chi connectivity index (χ0v) is 10.1. The van der Waals surface area contributed by atoms with Crippen LogP contribution < -0.4 is 0 Å². The second kappa shape index (κ2) is 5.99. The van der Waals surface area contributed by atoms with Gasteiger partial charge < -0.3 is 9.53 Å². The third-order valence-electron chi connectivity index (χ3n) is 3.11. The van der Waals surface area contributed by atoms with Crippen molar-refractivity contribution in [3.05, 3.63) is 0 Å². The molecule has 0 radical (unpaired) electrons. The predicted octanol–water partition coefficient (Wildman–Crippen LogP) is 1.24. The smallest absolute Gasteiger partial charge is 0.293 e. The normalized spacial score (nSPS) is 19.4. The van der Waals surface area contributed by atoms with Gasteiger partial charge in [-0.1, -0.05) is 0 Å². The first kappa shape index (κ1) is 13.2. The Bertz CT molecular complexity index is 232. The van der Waals surface area contributed by atoms with Crippen molar-refractivity contribution in [2.75, 3.05) is 19.6 Å². The molecule has 0 aromatic rings. The highest BCUT2D eigenvalue weighted by Gasteiger charge is 2.26. The van der Waals surface area contributed by atoms with Gasteiger partial charge in [0.1, 0.15) is 11.9 Å². The van der Waals surface area contributed by atoms with Crippen LogP contribution in [0.4, 0.5) is 0 Å². The average Bonchev–Trinajstić information content (AvgIpc) is 2.21. The number of carbonyl (C=O) groups excluding carboxylic acids is 2. The number of nitrogens with zero attached hydrogens (tertiary/aromatic N) is 1. The maximum absolute atomic E-state index is 10.4. The molecule has 1 saturated heterocycles. The highest BCUT2D eigenvalue weighted by atomic mass is 16.5. The Labute approximate surface area is 96.9 Å². The number of hydrogen-bond donors (Lipinski definition) is 0. The van der Waals surface area contributed by atoms with Crippen molar-refractivity contribution < 1.29 is 14.3 Å². The van der Waals surface area contributed by atoms with Gasteiger partial charge in [0.15, 0.2) is 0 Å². The zero-order valence-electron chi connectivity index (χ0n) is 10.1. The van der Waals surface area contributed by atoms with E-state index < -0.39 is 5.60 Å². The van der Waals surface area contributed by atoms with Gasteiger partial charge in [-0.05, 0) is 45.7 Å². The zero-order chi connectivity index (χ0) is 12.0. The molecule has 1 aliphatic rings. The fourth-order valence-electron chi connectivity index (χ4n) is 2.22. The molecule has 0 atom stereocenters. The van der Waals surface area contributed by atoms with Crippen molar-refractivity contribution >= 4 is 12.8 Å². The molecule has 0 bridgehead atoms. The summed E-state index contributed by atoms with van der Waals surface area (Å²) in [6, 6.07) is 0. The monoisotopic (exact) mass is 227 g/mol. The minimum Gasteiger partial charge on any atom is -0.461 e. The molecule has 0 aromatic heterocycles. The number of piperidine rings is 1. The number of hydrogen-bond acceptors (Lipinski definition) is 4. The Morgan fingerprint density at radius 3 is 2.44 bits per heavy atom. The van der Waals surface area contributed by atoms with E-state index in [0.29, 0.717) is 18.8 Å². The van der Waals surface area contributed by atoms with Gasteiger partial charge in [-0.3, -0.25) is 9.69 Å². The van der Waals surface area contributed by atoms with Crippen LogP contribution in [0.2, 0.25) is 0 Å². The van der Waals surface area contributed by atoms with Crippen molar-refractivity contribution in [2.45, 2.75) is 38.7 Å². The molecule has 1 aliphatic heterocycles. The number of carbonyl (C=O) groups is 2. The summed E-state index contributed by atoms with van der Waals surface area (Å²) in [4.78, 5) is 23.0. The summed E-state index contributed by atoms with van der Waals surface area (Å²) in [7, 11) is 0. The van der Waals surface area contributed by atoms with Crippen LogP contribution in [0.3, 0.4) is 0 Å². The lowest BCUT2D eigenvalue weighted by atomic mass is 9.93. The van der Waals surface area contributed by atoms with Crippen LogP contribution in [0, 0.1) is 5.92 Å². The molecule has 0 N–H and O–H groups in total. The third-order valence-corrected chi connectivity index (χ3v) is 3.11. The summed E-state index contributed by atoms with van der Waals surface area (Å²) < 4.78 is 5.03. The van der Waals surface area contributed by atoms with E-state index in [1.807, 2.05) is 13.8 Å². The van der Waals surface area contributed by atoms with E-state index in [1.165, 1.54) is 0 Å². The van der Waals surface area contributed by atoms with E-state index >= 15 is 0 Å². The van der Waals surface area contributed by atoms with E-state index in [9.17, 15) is 9.59 Å². The van der Waals surface area contributed by atoms with E-state index in [1.54, 1.807) is 0 Å². The molecule has 0 aromatic carbocycles. The average molecular weight is 227 g/mol. The first-order chi connectivity index (χ1) is 7.57. The highest BCUT2D eigenvalue weighted by Crippen LogP contribution is 2.21. The molecule has 1 heterocycles. The minimum absolute atomic E-state index is 0.417. The Balaban J connectivity index is 2.31. The molecule has 0 spiro atoms. The van der Waals surface area contributed by atoms with Crippen LogP contribution in [0.5, 0.6) is 0 Å². The maximum Gasteiger partial charge on any atom is 0.293 e. The SMILES string of the molecule is CC(C)(CN1CCC(CC=O)CC1)OC=O. The van der Waals surface area contributed by atoms with Crippen LogP contribution in [0.15, 0.2) is 0 Å². The van der Waals surface area contributed by atoms with Crippen LogP contribution >= 0.6 is 0 Å². The van der Waals surface area contributed by atoms with E-state index in [4.69, 9.17) is 4.74 Å². The van der Waals surface area contributed by atoms with Crippen molar-refractivity contribution in [3.8, 4) is 0 Å². The van der Waals surface area contributed by atoms with Gasteiger partial charge in [0.2, 0.25) is 0 Å². The molecule has 0 saturated carbocycles. The summed E-state index contributed by atoms with van der Waals surface area (Å²) in [5.41, 5.74) is -0.417. The quantitative estimate of drug-likeness (QED) is 0.640. The van der Waals surface area contributed by atoms with Gasteiger partial charge >= 0.3 is 0 Å². The second-order valence-electron chi connectivity index (χ2n) is 5.10. The molecule has 1 fully saturated rings. The first-order valence-corrected chi connectivity index (χ1v) is 5.85. The second-order valence-corrected chi connectivity index (χ2v) is 5.10. The Morgan fingerprint density at radius 2 is 1.94 bits per heavy atom. The number of rotatable bonds is 6. The van der Waals surface area contributed by atoms with Crippen LogP contribution in [-0.4, -0.2) is 42.9 Å². The lowest BCUT2D eigenvalue weighted by molar-refractivity contribution is -0.142. The van der Waals surface area contributed by atoms with Gasteiger partial charge in [0.25, 0.3) is 6.47 Å². The molecule has 0 amide bonds. The molecule has 1 rings (SSSR count). The molecule has 0 aliphatic carbocycles. The van der Waals surface area contributed by atoms with Crippen molar-refractivity contribution in [3.63, 3.8) is 0 Å². The van der Waals surface area contributed by atoms with Gasteiger partial charge in [0.05, 0.1) is 0 Å². The lowest BCUT2D eigenvalue weighted by Gasteiger charge is -2.36. The molecule has 4 nitrogen and oxygen atoms in total. The van der Waals surface area contributed by atoms with Gasteiger partial charge in [0, 0.05) is 13.0 Å². The number of aldehydes is 1. The molecular weight excluding hydrogens is 206 g/mol. The van der Waals surface area contributed by atoms with Crippen molar-refractivity contribution in [1.29, 1.82) is 0 Å². The first-order valence-electron chi connectivity index (χ1n) is 5.85. The molecule has 92 valence electrons. The molecule has 0 unspecified atom stereocenters. The third kappa shape index (κ3) is 4.31. The van der Waals surface area contributed by atoms with E-state index in [0.717, 1.165) is 38.8 Å². The van der Waals surface area contributed by atoms with Crippen LogP contribution in [0.1, 0.15) is 33.1 Å². The largest absolute Gasteiger partial charge is 0.461 e. The minimum atomic E-state index is -0.417. The number of ether oxygens (including phenoxy) is 1. The summed E-state index contributed by atoms with van der Waals surface area (Å²) in [5, 5.41) is 0.